The van der Waals surface area contributed by atoms with Gasteiger partial charge >= 0.3 is 0 Å². The van der Waals surface area contributed by atoms with Gasteiger partial charge in [0, 0.05) is 25.0 Å². The van der Waals surface area contributed by atoms with Crippen LogP contribution in [0.15, 0.2) is 18.5 Å². The van der Waals surface area contributed by atoms with Gasteiger partial charge in [-0.15, -0.1) is 0 Å². The maximum Gasteiger partial charge on any atom is 0.0534 e. The Morgan fingerprint density at radius 2 is 2.29 bits per heavy atom. The summed E-state index contributed by atoms with van der Waals surface area (Å²) in [6.45, 7) is 6.45. The summed E-state index contributed by atoms with van der Waals surface area (Å²) in [5, 5.41) is 7.71. The van der Waals surface area contributed by atoms with Crippen molar-refractivity contribution >= 4 is 0 Å². The normalized spacial score (nSPS) is 13.0. The fourth-order valence-electron chi connectivity index (χ4n) is 1.61. The third-order valence-electron chi connectivity index (χ3n) is 2.46. The molecule has 1 atom stereocenters. The third-order valence-corrected chi connectivity index (χ3v) is 2.46. The first kappa shape index (κ1) is 11.2. The van der Waals surface area contributed by atoms with Crippen LogP contribution < -0.4 is 5.32 Å². The van der Waals surface area contributed by atoms with Crippen LogP contribution in [-0.4, -0.2) is 22.4 Å². The van der Waals surface area contributed by atoms with Crippen LogP contribution in [-0.2, 0) is 6.54 Å². The molecule has 1 aromatic rings. The monoisotopic (exact) mass is 195 g/mol. The maximum atomic E-state index is 4.16. The standard InChI is InChI=1S/C11H21N3/c1-3-6-11(4-2)12-8-10-14-9-5-7-13-14/h5,7,9,11-12H,3-4,6,8,10H2,1-2H3. The van der Waals surface area contributed by atoms with Crippen molar-refractivity contribution in [3.63, 3.8) is 0 Å². The van der Waals surface area contributed by atoms with Crippen molar-refractivity contribution in [3.05, 3.63) is 18.5 Å². The molecule has 0 saturated heterocycles. The van der Waals surface area contributed by atoms with Crippen LogP contribution in [0, 0.1) is 0 Å². The molecule has 1 rings (SSSR count). The highest BCUT2D eigenvalue weighted by atomic mass is 15.3. The summed E-state index contributed by atoms with van der Waals surface area (Å²) in [4.78, 5) is 0. The molecule has 0 radical (unpaired) electrons. The number of hydrogen-bond donors (Lipinski definition) is 1. The fraction of sp³-hybridized carbons (Fsp3) is 0.727. The van der Waals surface area contributed by atoms with Gasteiger partial charge in [0.2, 0.25) is 0 Å². The van der Waals surface area contributed by atoms with Crippen molar-refractivity contribution in [2.24, 2.45) is 0 Å². The first-order valence-electron chi connectivity index (χ1n) is 5.57. The Hall–Kier alpha value is -0.830. The van der Waals surface area contributed by atoms with E-state index in [1.165, 1.54) is 19.3 Å². The highest BCUT2D eigenvalue weighted by Crippen LogP contribution is 2.00. The van der Waals surface area contributed by atoms with Crippen LogP contribution >= 0.6 is 0 Å². The van der Waals surface area contributed by atoms with Crippen LogP contribution in [0.2, 0.25) is 0 Å². The molecule has 0 aliphatic carbocycles. The van der Waals surface area contributed by atoms with Gasteiger partial charge in [-0.05, 0) is 18.9 Å². The molecule has 0 saturated carbocycles. The van der Waals surface area contributed by atoms with Gasteiger partial charge in [0.1, 0.15) is 0 Å². The largest absolute Gasteiger partial charge is 0.312 e. The predicted molar refractivity (Wildman–Crippen MR) is 59.2 cm³/mol. The van der Waals surface area contributed by atoms with Gasteiger partial charge < -0.3 is 5.32 Å². The van der Waals surface area contributed by atoms with Gasteiger partial charge in [-0.2, -0.15) is 5.10 Å². The first-order valence-corrected chi connectivity index (χ1v) is 5.57. The van der Waals surface area contributed by atoms with Crippen molar-refractivity contribution in [2.75, 3.05) is 6.54 Å². The molecule has 0 amide bonds. The van der Waals surface area contributed by atoms with E-state index < -0.39 is 0 Å². The molecule has 0 spiro atoms. The number of aromatic nitrogens is 2. The van der Waals surface area contributed by atoms with Crippen LogP contribution in [0.5, 0.6) is 0 Å². The second kappa shape index (κ2) is 6.60. The lowest BCUT2D eigenvalue weighted by atomic mass is 10.1. The molecule has 80 valence electrons. The Balaban J connectivity index is 2.13. The summed E-state index contributed by atoms with van der Waals surface area (Å²) >= 11 is 0. The minimum Gasteiger partial charge on any atom is -0.312 e. The molecule has 0 aliphatic heterocycles. The van der Waals surface area contributed by atoms with E-state index >= 15 is 0 Å². The summed E-state index contributed by atoms with van der Waals surface area (Å²) in [6.07, 6.45) is 7.57. The molecule has 1 heterocycles. The van der Waals surface area contributed by atoms with Crippen LogP contribution in [0.25, 0.3) is 0 Å². The zero-order valence-electron chi connectivity index (χ0n) is 9.24. The van der Waals surface area contributed by atoms with Crippen molar-refractivity contribution in [1.29, 1.82) is 0 Å². The van der Waals surface area contributed by atoms with Crippen LogP contribution in [0.1, 0.15) is 33.1 Å². The molecule has 1 aromatic heterocycles. The second-order valence-electron chi connectivity index (χ2n) is 3.62. The van der Waals surface area contributed by atoms with Gasteiger partial charge in [0.25, 0.3) is 0 Å². The number of nitrogens with zero attached hydrogens (tertiary/aromatic N) is 2. The molecule has 0 aromatic carbocycles. The summed E-state index contributed by atoms with van der Waals surface area (Å²) in [7, 11) is 0. The molecule has 0 fully saturated rings. The average Bonchev–Trinajstić information content (AvgIpc) is 2.69. The average molecular weight is 195 g/mol. The Morgan fingerprint density at radius 3 is 2.86 bits per heavy atom. The zero-order chi connectivity index (χ0) is 10.2. The van der Waals surface area contributed by atoms with Crippen LogP contribution in [0.4, 0.5) is 0 Å². The molecule has 0 aliphatic rings. The number of hydrogen-bond acceptors (Lipinski definition) is 2. The van der Waals surface area contributed by atoms with Crippen LogP contribution in [0.3, 0.4) is 0 Å². The lowest BCUT2D eigenvalue weighted by Crippen LogP contribution is -2.31. The van der Waals surface area contributed by atoms with E-state index in [9.17, 15) is 0 Å². The highest BCUT2D eigenvalue weighted by Gasteiger charge is 2.02. The number of rotatable bonds is 7. The molecular weight excluding hydrogens is 174 g/mol. The minimum absolute atomic E-state index is 0.676. The van der Waals surface area contributed by atoms with Crippen molar-refractivity contribution in [3.8, 4) is 0 Å². The number of nitrogens with one attached hydrogen (secondary N) is 1. The quantitative estimate of drug-likeness (QED) is 0.721. The van der Waals surface area contributed by atoms with E-state index in [1.807, 2.05) is 23.1 Å². The summed E-state index contributed by atoms with van der Waals surface area (Å²) in [5.74, 6) is 0. The SMILES string of the molecule is CCCC(CC)NCCn1cccn1. The smallest absolute Gasteiger partial charge is 0.0534 e. The van der Waals surface area contributed by atoms with E-state index in [-0.39, 0.29) is 0 Å². The lowest BCUT2D eigenvalue weighted by Gasteiger charge is -2.15. The molecule has 3 heteroatoms. The predicted octanol–water partition coefficient (Wildman–Crippen LogP) is 2.05. The minimum atomic E-state index is 0.676. The molecule has 3 nitrogen and oxygen atoms in total. The Kier molecular flexibility index (Phi) is 5.30. The summed E-state index contributed by atoms with van der Waals surface area (Å²) in [6, 6.07) is 2.64. The molecule has 1 unspecified atom stereocenters. The Labute approximate surface area is 86.5 Å². The molecule has 0 bridgehead atoms. The molecular formula is C11H21N3. The van der Waals surface area contributed by atoms with Gasteiger partial charge in [-0.1, -0.05) is 20.3 Å². The maximum absolute atomic E-state index is 4.16. The lowest BCUT2D eigenvalue weighted by molar-refractivity contribution is 0.439. The van der Waals surface area contributed by atoms with Crippen molar-refractivity contribution in [2.45, 2.75) is 45.7 Å². The van der Waals surface area contributed by atoms with Gasteiger partial charge in [-0.3, -0.25) is 4.68 Å². The van der Waals surface area contributed by atoms with Crippen molar-refractivity contribution in [1.82, 2.24) is 15.1 Å². The topological polar surface area (TPSA) is 29.9 Å². The molecule has 1 N–H and O–H groups in total. The summed E-state index contributed by atoms with van der Waals surface area (Å²) < 4.78 is 1.96. The Morgan fingerprint density at radius 1 is 1.43 bits per heavy atom. The fourth-order valence-corrected chi connectivity index (χ4v) is 1.61. The third kappa shape index (κ3) is 3.92. The first-order chi connectivity index (χ1) is 6.86. The zero-order valence-corrected chi connectivity index (χ0v) is 9.24. The van der Waals surface area contributed by atoms with Gasteiger partial charge in [0.15, 0.2) is 0 Å². The summed E-state index contributed by atoms with van der Waals surface area (Å²) in [5.41, 5.74) is 0. The highest BCUT2D eigenvalue weighted by molar-refractivity contribution is 4.78. The van der Waals surface area contributed by atoms with E-state index in [1.54, 1.807) is 0 Å². The van der Waals surface area contributed by atoms with E-state index in [2.05, 4.69) is 24.3 Å². The Bertz CT molecular complexity index is 218. The van der Waals surface area contributed by atoms with E-state index in [4.69, 9.17) is 0 Å². The van der Waals surface area contributed by atoms with Gasteiger partial charge in [-0.25, -0.2) is 0 Å². The van der Waals surface area contributed by atoms with E-state index in [0.29, 0.717) is 6.04 Å². The second-order valence-corrected chi connectivity index (χ2v) is 3.62. The van der Waals surface area contributed by atoms with Crippen molar-refractivity contribution < 1.29 is 0 Å². The molecule has 14 heavy (non-hydrogen) atoms. The van der Waals surface area contributed by atoms with E-state index in [0.717, 1.165) is 13.1 Å². The van der Waals surface area contributed by atoms with Gasteiger partial charge in [0.05, 0.1) is 6.54 Å².